The topological polar surface area (TPSA) is 44.8 Å². The van der Waals surface area contributed by atoms with Gasteiger partial charge in [-0.1, -0.05) is 0 Å². The van der Waals surface area contributed by atoms with Crippen LogP contribution in [0.3, 0.4) is 0 Å². The van der Waals surface area contributed by atoms with E-state index in [2.05, 4.69) is 0 Å². The van der Waals surface area contributed by atoms with Crippen molar-refractivity contribution in [1.29, 1.82) is 0 Å². The van der Waals surface area contributed by atoms with Gasteiger partial charge < -0.3 is 14.2 Å². The molecule has 1 aliphatic heterocycles. The van der Waals surface area contributed by atoms with Crippen molar-refractivity contribution in [2.24, 2.45) is 0 Å². The molecule has 18 heavy (non-hydrogen) atoms. The van der Waals surface area contributed by atoms with Crippen molar-refractivity contribution in [3.8, 4) is 5.75 Å². The lowest BCUT2D eigenvalue weighted by Crippen LogP contribution is -2.24. The number of ketones is 1. The van der Waals surface area contributed by atoms with Crippen molar-refractivity contribution < 1.29 is 19.0 Å². The fraction of sp³-hybridized carbons (Fsp3) is 0.500. The minimum absolute atomic E-state index is 0.0297. The maximum Gasteiger partial charge on any atom is 0.199 e. The first-order valence-electron chi connectivity index (χ1n) is 6.20. The highest BCUT2D eigenvalue weighted by atomic mass is 16.7. The van der Waals surface area contributed by atoms with Crippen molar-refractivity contribution in [2.75, 3.05) is 20.3 Å². The summed E-state index contributed by atoms with van der Waals surface area (Å²) in [6.45, 7) is 0.862. The molecule has 1 saturated heterocycles. The predicted octanol–water partition coefficient (Wildman–Crippen LogP) is 2.42. The number of Topliss-reactive ketones (excluding diaryl/α,β-unsaturated/α-hetero) is 1. The standard InChI is InChI=1S/C14H18O4/c1-16-10-13(15)11-5-7-12(8-6-11)18-14-4-2-3-9-17-14/h5-8,14H,2-4,9-10H2,1H3. The second-order valence-corrected chi connectivity index (χ2v) is 4.29. The van der Waals surface area contributed by atoms with Gasteiger partial charge in [0.05, 0.1) is 6.61 Å². The SMILES string of the molecule is COCC(=O)c1ccc(OC2CCCCO2)cc1. The van der Waals surface area contributed by atoms with Crippen molar-refractivity contribution in [3.63, 3.8) is 0 Å². The minimum atomic E-state index is -0.153. The molecular formula is C14H18O4. The molecule has 0 aromatic heterocycles. The molecule has 1 heterocycles. The largest absolute Gasteiger partial charge is 0.465 e. The van der Waals surface area contributed by atoms with Crippen molar-refractivity contribution in [1.82, 2.24) is 0 Å². The molecule has 4 nitrogen and oxygen atoms in total. The van der Waals surface area contributed by atoms with Crippen LogP contribution < -0.4 is 4.74 Å². The molecule has 1 aromatic carbocycles. The zero-order valence-corrected chi connectivity index (χ0v) is 10.6. The van der Waals surface area contributed by atoms with E-state index >= 15 is 0 Å². The second-order valence-electron chi connectivity index (χ2n) is 4.29. The summed E-state index contributed by atoms with van der Waals surface area (Å²) in [4.78, 5) is 11.6. The third kappa shape index (κ3) is 3.55. The summed E-state index contributed by atoms with van der Waals surface area (Å²) in [6, 6.07) is 7.08. The highest BCUT2D eigenvalue weighted by Gasteiger charge is 2.15. The zero-order valence-electron chi connectivity index (χ0n) is 10.6. The Balaban J connectivity index is 1.92. The van der Waals surface area contributed by atoms with Crippen LogP contribution in [0, 0.1) is 0 Å². The van der Waals surface area contributed by atoms with Gasteiger partial charge >= 0.3 is 0 Å². The molecule has 1 fully saturated rings. The number of carbonyl (C=O) groups excluding carboxylic acids is 1. The lowest BCUT2D eigenvalue weighted by molar-refractivity contribution is -0.105. The van der Waals surface area contributed by atoms with E-state index in [0.717, 1.165) is 31.6 Å². The fourth-order valence-electron chi connectivity index (χ4n) is 1.89. The van der Waals surface area contributed by atoms with Crippen LogP contribution in [0.1, 0.15) is 29.6 Å². The molecule has 0 radical (unpaired) electrons. The Kier molecular flexibility index (Phi) is 4.73. The number of benzene rings is 1. The van der Waals surface area contributed by atoms with E-state index in [1.807, 2.05) is 0 Å². The van der Waals surface area contributed by atoms with Crippen LogP contribution >= 0.6 is 0 Å². The summed E-state index contributed by atoms with van der Waals surface area (Å²) >= 11 is 0. The van der Waals surface area contributed by atoms with E-state index in [-0.39, 0.29) is 18.7 Å². The molecule has 1 unspecified atom stereocenters. The molecule has 2 rings (SSSR count). The summed E-state index contributed by atoms with van der Waals surface area (Å²) < 4.78 is 16.0. The number of carbonyl (C=O) groups is 1. The molecule has 0 N–H and O–H groups in total. The zero-order chi connectivity index (χ0) is 12.8. The molecule has 0 saturated carbocycles. The van der Waals surface area contributed by atoms with Gasteiger partial charge in [-0.05, 0) is 37.1 Å². The minimum Gasteiger partial charge on any atom is -0.465 e. The Morgan fingerprint density at radius 3 is 2.72 bits per heavy atom. The van der Waals surface area contributed by atoms with E-state index in [9.17, 15) is 4.79 Å². The lowest BCUT2D eigenvalue weighted by atomic mass is 10.1. The smallest absolute Gasteiger partial charge is 0.199 e. The molecule has 0 spiro atoms. The Morgan fingerprint density at radius 2 is 2.11 bits per heavy atom. The van der Waals surface area contributed by atoms with Gasteiger partial charge in [-0.15, -0.1) is 0 Å². The molecule has 0 amide bonds. The Labute approximate surface area is 107 Å². The summed E-state index contributed by atoms with van der Waals surface area (Å²) in [5, 5.41) is 0. The number of ether oxygens (including phenoxy) is 3. The molecular weight excluding hydrogens is 232 g/mol. The van der Waals surface area contributed by atoms with Crippen molar-refractivity contribution >= 4 is 5.78 Å². The Morgan fingerprint density at radius 1 is 1.33 bits per heavy atom. The molecule has 1 atom stereocenters. The van der Waals surface area contributed by atoms with Crippen LogP contribution in [-0.2, 0) is 9.47 Å². The highest BCUT2D eigenvalue weighted by Crippen LogP contribution is 2.19. The van der Waals surface area contributed by atoms with Gasteiger partial charge in [0.15, 0.2) is 12.1 Å². The third-order valence-electron chi connectivity index (χ3n) is 2.86. The number of hydrogen-bond acceptors (Lipinski definition) is 4. The van der Waals surface area contributed by atoms with Gasteiger partial charge in [-0.25, -0.2) is 0 Å². The van der Waals surface area contributed by atoms with E-state index in [1.54, 1.807) is 24.3 Å². The molecule has 0 bridgehead atoms. The van der Waals surface area contributed by atoms with Gasteiger partial charge in [0.1, 0.15) is 12.4 Å². The predicted molar refractivity (Wildman–Crippen MR) is 66.9 cm³/mol. The third-order valence-corrected chi connectivity index (χ3v) is 2.86. The maximum absolute atomic E-state index is 11.6. The van der Waals surface area contributed by atoms with Crippen LogP contribution in [-0.4, -0.2) is 32.4 Å². The first-order valence-corrected chi connectivity index (χ1v) is 6.20. The second kappa shape index (κ2) is 6.52. The Hall–Kier alpha value is -1.39. The average Bonchev–Trinajstić information content (AvgIpc) is 2.41. The van der Waals surface area contributed by atoms with Crippen LogP contribution in [0.2, 0.25) is 0 Å². The molecule has 4 heteroatoms. The van der Waals surface area contributed by atoms with Crippen LogP contribution in [0.15, 0.2) is 24.3 Å². The normalized spacial score (nSPS) is 19.5. The molecule has 98 valence electrons. The summed E-state index contributed by atoms with van der Waals surface area (Å²) in [5.41, 5.74) is 0.633. The first kappa shape index (κ1) is 13.1. The summed E-state index contributed by atoms with van der Waals surface area (Å²) in [6.07, 6.45) is 3.00. The summed E-state index contributed by atoms with van der Waals surface area (Å²) in [5.74, 6) is 0.703. The maximum atomic E-state index is 11.6. The van der Waals surface area contributed by atoms with Crippen LogP contribution in [0.5, 0.6) is 5.75 Å². The van der Waals surface area contributed by atoms with Gasteiger partial charge in [-0.3, -0.25) is 4.79 Å². The summed E-state index contributed by atoms with van der Waals surface area (Å²) in [7, 11) is 1.51. The van der Waals surface area contributed by atoms with Crippen molar-refractivity contribution in [3.05, 3.63) is 29.8 Å². The van der Waals surface area contributed by atoms with Crippen LogP contribution in [0.25, 0.3) is 0 Å². The van der Waals surface area contributed by atoms with E-state index in [1.165, 1.54) is 7.11 Å². The molecule has 1 aliphatic rings. The quantitative estimate of drug-likeness (QED) is 0.753. The monoisotopic (exact) mass is 250 g/mol. The lowest BCUT2D eigenvalue weighted by Gasteiger charge is -2.23. The molecule has 1 aromatic rings. The van der Waals surface area contributed by atoms with Gasteiger partial charge in [0.25, 0.3) is 0 Å². The van der Waals surface area contributed by atoms with E-state index in [0.29, 0.717) is 5.56 Å². The number of hydrogen-bond donors (Lipinski definition) is 0. The first-order chi connectivity index (χ1) is 8.79. The molecule has 0 aliphatic carbocycles. The van der Waals surface area contributed by atoms with Gasteiger partial charge in [0.2, 0.25) is 0 Å². The van der Waals surface area contributed by atoms with Crippen LogP contribution in [0.4, 0.5) is 0 Å². The van der Waals surface area contributed by atoms with Gasteiger partial charge in [-0.2, -0.15) is 0 Å². The average molecular weight is 250 g/mol. The van der Waals surface area contributed by atoms with E-state index < -0.39 is 0 Å². The number of methoxy groups -OCH3 is 1. The van der Waals surface area contributed by atoms with E-state index in [4.69, 9.17) is 14.2 Å². The highest BCUT2D eigenvalue weighted by molar-refractivity contribution is 5.97. The Bertz CT molecular complexity index is 379. The fourth-order valence-corrected chi connectivity index (χ4v) is 1.89. The number of rotatable bonds is 5. The van der Waals surface area contributed by atoms with Gasteiger partial charge in [0, 0.05) is 19.1 Å². The van der Waals surface area contributed by atoms with Crippen molar-refractivity contribution in [2.45, 2.75) is 25.6 Å².